The molecular weight excluding hydrogens is 274 g/mol. The molecule has 0 fully saturated rings. The van der Waals surface area contributed by atoms with Gasteiger partial charge in [0.2, 0.25) is 5.89 Å². The van der Waals surface area contributed by atoms with E-state index >= 15 is 0 Å². The lowest BCUT2D eigenvalue weighted by Gasteiger charge is -2.06. The van der Waals surface area contributed by atoms with E-state index in [1.807, 2.05) is 49.4 Å². The molecule has 0 amide bonds. The molecule has 0 radical (unpaired) electrons. The van der Waals surface area contributed by atoms with Crippen LogP contribution in [0.5, 0.6) is 5.75 Å². The molecule has 0 aliphatic carbocycles. The first-order chi connectivity index (χ1) is 10.6. The molecule has 3 heteroatoms. The summed E-state index contributed by atoms with van der Waals surface area (Å²) >= 11 is 0. The van der Waals surface area contributed by atoms with Crippen LogP contribution >= 0.6 is 0 Å². The molecule has 0 bridgehead atoms. The van der Waals surface area contributed by atoms with E-state index in [1.165, 1.54) is 11.1 Å². The van der Waals surface area contributed by atoms with Crippen molar-refractivity contribution in [2.75, 3.05) is 0 Å². The maximum Gasteiger partial charge on any atom is 0.226 e. The summed E-state index contributed by atoms with van der Waals surface area (Å²) in [6.07, 6.45) is 0. The quantitative estimate of drug-likeness (QED) is 0.690. The average molecular weight is 293 g/mol. The van der Waals surface area contributed by atoms with Gasteiger partial charge in [-0.15, -0.1) is 0 Å². The minimum absolute atomic E-state index is 0.408. The molecule has 0 atom stereocenters. The zero-order valence-corrected chi connectivity index (χ0v) is 13.1. The molecule has 0 unspecified atom stereocenters. The van der Waals surface area contributed by atoms with Gasteiger partial charge in [0.05, 0.1) is 0 Å². The van der Waals surface area contributed by atoms with Crippen molar-refractivity contribution >= 4 is 0 Å². The topological polar surface area (TPSA) is 35.3 Å². The van der Waals surface area contributed by atoms with E-state index in [9.17, 15) is 0 Å². The fraction of sp³-hybridized carbons (Fsp3) is 0.211. The van der Waals surface area contributed by atoms with Crippen LogP contribution in [0.4, 0.5) is 0 Å². The van der Waals surface area contributed by atoms with Crippen molar-refractivity contribution in [1.82, 2.24) is 4.98 Å². The van der Waals surface area contributed by atoms with Crippen LogP contribution in [0.15, 0.2) is 52.9 Å². The number of rotatable bonds is 4. The zero-order chi connectivity index (χ0) is 15.5. The summed E-state index contributed by atoms with van der Waals surface area (Å²) in [5.74, 6) is 2.29. The third-order valence-corrected chi connectivity index (χ3v) is 3.48. The minimum Gasteiger partial charge on any atom is -0.487 e. The molecule has 0 N–H and O–H groups in total. The molecule has 1 aromatic heterocycles. The monoisotopic (exact) mass is 293 g/mol. The largest absolute Gasteiger partial charge is 0.487 e. The minimum atomic E-state index is 0.408. The highest BCUT2D eigenvalue weighted by Crippen LogP contribution is 2.23. The van der Waals surface area contributed by atoms with Gasteiger partial charge in [-0.05, 0) is 56.2 Å². The molecule has 0 aliphatic heterocycles. The molecule has 3 aromatic rings. The second-order valence-electron chi connectivity index (χ2n) is 5.50. The summed E-state index contributed by atoms with van der Waals surface area (Å²) in [5.41, 5.74) is 4.19. The van der Waals surface area contributed by atoms with Gasteiger partial charge in [-0.2, -0.15) is 0 Å². The predicted molar refractivity (Wildman–Crippen MR) is 86.9 cm³/mol. The fourth-order valence-corrected chi connectivity index (χ4v) is 2.43. The Morgan fingerprint density at radius 1 is 0.955 bits per heavy atom. The number of aryl methyl sites for hydroxylation is 3. The van der Waals surface area contributed by atoms with E-state index in [-0.39, 0.29) is 0 Å². The molecule has 3 nitrogen and oxygen atoms in total. The molecule has 0 aliphatic rings. The molecule has 112 valence electrons. The summed E-state index contributed by atoms with van der Waals surface area (Å²) < 4.78 is 11.6. The standard InChI is InChI=1S/C19H19NO2/c1-13-9-14(2)11-17(10-13)21-12-18-15(3)22-19(20-18)16-7-5-4-6-8-16/h4-11H,12H2,1-3H3. The predicted octanol–water partition coefficient (Wildman–Crippen LogP) is 4.85. The van der Waals surface area contributed by atoms with Crippen LogP contribution in [0.1, 0.15) is 22.6 Å². The first kappa shape index (κ1) is 14.4. The molecular formula is C19H19NO2. The number of benzene rings is 2. The maximum absolute atomic E-state index is 5.86. The normalized spacial score (nSPS) is 10.7. The van der Waals surface area contributed by atoms with Gasteiger partial charge in [0.15, 0.2) is 0 Å². The van der Waals surface area contributed by atoms with Crippen molar-refractivity contribution in [3.63, 3.8) is 0 Å². The van der Waals surface area contributed by atoms with Gasteiger partial charge < -0.3 is 9.15 Å². The second-order valence-corrected chi connectivity index (χ2v) is 5.50. The molecule has 0 saturated carbocycles. The number of ether oxygens (including phenoxy) is 1. The van der Waals surface area contributed by atoms with Gasteiger partial charge in [-0.1, -0.05) is 24.3 Å². The Bertz CT molecular complexity index is 755. The highest BCUT2D eigenvalue weighted by atomic mass is 16.5. The Morgan fingerprint density at radius 3 is 2.32 bits per heavy atom. The van der Waals surface area contributed by atoms with Crippen molar-refractivity contribution in [2.45, 2.75) is 27.4 Å². The van der Waals surface area contributed by atoms with Crippen LogP contribution in [-0.4, -0.2) is 4.98 Å². The summed E-state index contributed by atoms with van der Waals surface area (Å²) in [4.78, 5) is 4.55. The smallest absolute Gasteiger partial charge is 0.226 e. The van der Waals surface area contributed by atoms with Gasteiger partial charge in [-0.25, -0.2) is 4.98 Å². The second kappa shape index (κ2) is 6.06. The summed E-state index contributed by atoms with van der Waals surface area (Å²) in [5, 5.41) is 0. The van der Waals surface area contributed by atoms with Gasteiger partial charge in [0.1, 0.15) is 23.8 Å². The van der Waals surface area contributed by atoms with Crippen molar-refractivity contribution in [1.29, 1.82) is 0 Å². The van der Waals surface area contributed by atoms with Crippen LogP contribution in [0.3, 0.4) is 0 Å². The Morgan fingerprint density at radius 2 is 1.64 bits per heavy atom. The molecule has 1 heterocycles. The van der Waals surface area contributed by atoms with Crippen molar-refractivity contribution < 1.29 is 9.15 Å². The number of oxazole rings is 1. The van der Waals surface area contributed by atoms with E-state index in [4.69, 9.17) is 9.15 Å². The highest BCUT2D eigenvalue weighted by Gasteiger charge is 2.11. The maximum atomic E-state index is 5.86. The van der Waals surface area contributed by atoms with E-state index in [2.05, 4.69) is 24.9 Å². The van der Waals surface area contributed by atoms with Gasteiger partial charge >= 0.3 is 0 Å². The van der Waals surface area contributed by atoms with Crippen molar-refractivity contribution in [2.24, 2.45) is 0 Å². The van der Waals surface area contributed by atoms with Gasteiger partial charge in [0.25, 0.3) is 0 Å². The number of nitrogens with zero attached hydrogens (tertiary/aromatic N) is 1. The fourth-order valence-electron chi connectivity index (χ4n) is 2.43. The number of aromatic nitrogens is 1. The third-order valence-electron chi connectivity index (χ3n) is 3.48. The first-order valence-electron chi connectivity index (χ1n) is 7.34. The lowest BCUT2D eigenvalue weighted by molar-refractivity contribution is 0.299. The lowest BCUT2D eigenvalue weighted by atomic mass is 10.1. The SMILES string of the molecule is Cc1cc(C)cc(OCc2nc(-c3ccccc3)oc2C)c1. The molecule has 22 heavy (non-hydrogen) atoms. The van der Waals surface area contributed by atoms with E-state index in [1.54, 1.807) is 0 Å². The zero-order valence-electron chi connectivity index (χ0n) is 13.1. The summed E-state index contributed by atoms with van der Waals surface area (Å²) in [7, 11) is 0. The van der Waals surface area contributed by atoms with E-state index in [0.717, 1.165) is 22.8 Å². The Labute approximate surface area is 130 Å². The summed E-state index contributed by atoms with van der Waals surface area (Å²) in [6.45, 7) is 6.45. The van der Waals surface area contributed by atoms with Crippen LogP contribution in [0.2, 0.25) is 0 Å². The lowest BCUT2D eigenvalue weighted by Crippen LogP contribution is -1.98. The molecule has 0 saturated heterocycles. The van der Waals surface area contributed by atoms with Crippen molar-refractivity contribution in [3.8, 4) is 17.2 Å². The molecule has 2 aromatic carbocycles. The Kier molecular flexibility index (Phi) is 3.96. The average Bonchev–Trinajstić information content (AvgIpc) is 2.86. The molecule has 3 rings (SSSR count). The van der Waals surface area contributed by atoms with Gasteiger partial charge in [-0.3, -0.25) is 0 Å². The Hall–Kier alpha value is -2.55. The molecule has 0 spiro atoms. The van der Waals surface area contributed by atoms with Crippen LogP contribution in [0.25, 0.3) is 11.5 Å². The summed E-state index contributed by atoms with van der Waals surface area (Å²) in [6, 6.07) is 16.1. The van der Waals surface area contributed by atoms with Gasteiger partial charge in [0, 0.05) is 5.56 Å². The highest BCUT2D eigenvalue weighted by molar-refractivity contribution is 5.53. The van der Waals surface area contributed by atoms with Crippen LogP contribution in [0, 0.1) is 20.8 Å². The van der Waals surface area contributed by atoms with Crippen molar-refractivity contribution in [3.05, 3.63) is 71.1 Å². The van der Waals surface area contributed by atoms with E-state index in [0.29, 0.717) is 12.5 Å². The Balaban J connectivity index is 1.77. The van der Waals surface area contributed by atoms with E-state index < -0.39 is 0 Å². The van der Waals surface area contributed by atoms with Crippen LogP contribution < -0.4 is 4.74 Å². The number of hydrogen-bond donors (Lipinski definition) is 0. The first-order valence-corrected chi connectivity index (χ1v) is 7.34. The van der Waals surface area contributed by atoms with Crippen LogP contribution in [-0.2, 0) is 6.61 Å². The number of hydrogen-bond acceptors (Lipinski definition) is 3. The third kappa shape index (κ3) is 3.19.